The molecule has 104 valence electrons. The van der Waals surface area contributed by atoms with Crippen LogP contribution in [0.5, 0.6) is 11.5 Å². The second-order valence-electron chi connectivity index (χ2n) is 5.05. The zero-order valence-corrected chi connectivity index (χ0v) is 11.4. The van der Waals surface area contributed by atoms with Crippen LogP contribution in [0, 0.1) is 0 Å². The lowest BCUT2D eigenvalue weighted by Crippen LogP contribution is -2.22. The van der Waals surface area contributed by atoms with E-state index in [2.05, 4.69) is 0 Å². The lowest BCUT2D eigenvalue weighted by Gasteiger charge is -2.19. The molecule has 3 rings (SSSR count). The molecule has 2 N–H and O–H groups in total. The van der Waals surface area contributed by atoms with Crippen molar-refractivity contribution in [2.75, 3.05) is 13.2 Å². The number of hydrogen-bond donors (Lipinski definition) is 1. The average molecular weight is 283 g/mol. The van der Waals surface area contributed by atoms with Crippen molar-refractivity contribution in [2.45, 2.75) is 35.4 Å². The van der Waals surface area contributed by atoms with Crippen LogP contribution in [0.3, 0.4) is 0 Å². The van der Waals surface area contributed by atoms with Crippen LogP contribution in [-0.2, 0) is 9.84 Å². The van der Waals surface area contributed by atoms with Crippen molar-refractivity contribution >= 4 is 9.84 Å². The molecule has 5 nitrogen and oxygen atoms in total. The normalized spacial score (nSPS) is 26.4. The number of ether oxygens (including phenoxy) is 2. The van der Waals surface area contributed by atoms with Crippen LogP contribution in [0.15, 0.2) is 23.1 Å². The zero-order valence-electron chi connectivity index (χ0n) is 10.5. The molecule has 2 unspecified atom stereocenters. The molecule has 2 aliphatic rings. The van der Waals surface area contributed by atoms with E-state index in [0.29, 0.717) is 42.4 Å². The predicted octanol–water partition coefficient (Wildman–Crippen LogP) is 1.11. The SMILES string of the molecule is NC1CCC(S(=O)(=O)c2ccc3c(c2)OCCO3)C1. The zero-order chi connectivity index (χ0) is 13.5. The van der Waals surface area contributed by atoms with Crippen LogP contribution in [0.25, 0.3) is 0 Å². The maximum absolute atomic E-state index is 12.5. The summed E-state index contributed by atoms with van der Waals surface area (Å²) >= 11 is 0. The lowest BCUT2D eigenvalue weighted by molar-refractivity contribution is 0.171. The standard InChI is InChI=1S/C13H17NO4S/c14-9-1-2-10(7-9)19(15,16)11-3-4-12-13(8-11)18-6-5-17-12/h3-4,8-10H,1-2,5-7,14H2. The minimum atomic E-state index is -3.32. The smallest absolute Gasteiger partial charge is 0.181 e. The van der Waals surface area contributed by atoms with Gasteiger partial charge in [-0.3, -0.25) is 0 Å². The average Bonchev–Trinajstić information content (AvgIpc) is 2.85. The molecule has 1 fully saturated rings. The molecule has 0 spiro atoms. The molecule has 1 saturated carbocycles. The maximum atomic E-state index is 12.5. The minimum absolute atomic E-state index is 0.00279. The topological polar surface area (TPSA) is 78.6 Å². The molecule has 1 aromatic carbocycles. The van der Waals surface area contributed by atoms with E-state index in [1.54, 1.807) is 18.2 Å². The number of nitrogens with two attached hydrogens (primary N) is 1. The first-order valence-corrected chi connectivity index (χ1v) is 8.01. The summed E-state index contributed by atoms with van der Waals surface area (Å²) in [5.74, 6) is 1.11. The fraction of sp³-hybridized carbons (Fsp3) is 0.538. The number of rotatable bonds is 2. The highest BCUT2D eigenvalue weighted by Gasteiger charge is 2.34. The molecule has 19 heavy (non-hydrogen) atoms. The van der Waals surface area contributed by atoms with Crippen molar-refractivity contribution in [2.24, 2.45) is 5.73 Å². The number of fused-ring (bicyclic) bond motifs is 1. The summed E-state index contributed by atoms with van der Waals surface area (Å²) in [6.45, 7) is 0.946. The van der Waals surface area contributed by atoms with Crippen LogP contribution in [0.4, 0.5) is 0 Å². The molecule has 1 heterocycles. The maximum Gasteiger partial charge on any atom is 0.181 e. The monoisotopic (exact) mass is 283 g/mol. The number of hydrogen-bond acceptors (Lipinski definition) is 5. The van der Waals surface area contributed by atoms with Crippen LogP contribution in [0.1, 0.15) is 19.3 Å². The van der Waals surface area contributed by atoms with Gasteiger partial charge in [-0.1, -0.05) is 0 Å². The Kier molecular flexibility index (Phi) is 3.14. The molecule has 2 atom stereocenters. The third-order valence-electron chi connectivity index (χ3n) is 3.71. The summed E-state index contributed by atoms with van der Waals surface area (Å²) in [5.41, 5.74) is 5.80. The van der Waals surface area contributed by atoms with E-state index < -0.39 is 9.84 Å². The van der Waals surface area contributed by atoms with Crippen molar-refractivity contribution in [1.29, 1.82) is 0 Å². The Hall–Kier alpha value is -1.27. The fourth-order valence-electron chi connectivity index (χ4n) is 2.65. The summed E-state index contributed by atoms with van der Waals surface area (Å²) in [6.07, 6.45) is 1.95. The van der Waals surface area contributed by atoms with E-state index in [4.69, 9.17) is 15.2 Å². The first kappa shape index (κ1) is 12.7. The fourth-order valence-corrected chi connectivity index (χ4v) is 4.51. The molecule has 1 aliphatic carbocycles. The molecular formula is C13H17NO4S. The molecule has 1 aromatic rings. The van der Waals surface area contributed by atoms with Gasteiger partial charge in [0.15, 0.2) is 21.3 Å². The highest BCUT2D eigenvalue weighted by atomic mass is 32.2. The Morgan fingerprint density at radius 2 is 1.84 bits per heavy atom. The second kappa shape index (κ2) is 4.68. The van der Waals surface area contributed by atoms with Gasteiger partial charge in [-0.05, 0) is 31.4 Å². The predicted molar refractivity (Wildman–Crippen MR) is 70.2 cm³/mol. The van der Waals surface area contributed by atoms with Gasteiger partial charge < -0.3 is 15.2 Å². The van der Waals surface area contributed by atoms with Gasteiger partial charge in [-0.15, -0.1) is 0 Å². The van der Waals surface area contributed by atoms with Gasteiger partial charge in [0.1, 0.15) is 13.2 Å². The van der Waals surface area contributed by atoms with E-state index in [1.807, 2.05) is 0 Å². The van der Waals surface area contributed by atoms with Gasteiger partial charge in [-0.2, -0.15) is 0 Å². The van der Waals surface area contributed by atoms with Crippen LogP contribution in [0.2, 0.25) is 0 Å². The van der Waals surface area contributed by atoms with Crippen LogP contribution < -0.4 is 15.2 Å². The van der Waals surface area contributed by atoms with E-state index in [9.17, 15) is 8.42 Å². The Morgan fingerprint density at radius 1 is 1.11 bits per heavy atom. The first-order chi connectivity index (χ1) is 9.07. The van der Waals surface area contributed by atoms with Crippen molar-refractivity contribution in [3.8, 4) is 11.5 Å². The Balaban J connectivity index is 1.93. The molecule has 0 aromatic heterocycles. The highest BCUT2D eigenvalue weighted by molar-refractivity contribution is 7.92. The van der Waals surface area contributed by atoms with E-state index in [-0.39, 0.29) is 11.3 Å². The third kappa shape index (κ3) is 2.30. The van der Waals surface area contributed by atoms with Crippen LogP contribution in [-0.4, -0.2) is 32.9 Å². The molecule has 1 aliphatic heterocycles. The summed E-state index contributed by atoms with van der Waals surface area (Å²) in [5, 5.41) is -0.370. The van der Waals surface area contributed by atoms with Crippen LogP contribution >= 0.6 is 0 Å². The van der Waals surface area contributed by atoms with E-state index >= 15 is 0 Å². The van der Waals surface area contributed by atoms with Gasteiger partial charge in [-0.25, -0.2) is 8.42 Å². The van der Waals surface area contributed by atoms with E-state index in [1.165, 1.54) is 0 Å². The molecule has 0 amide bonds. The van der Waals surface area contributed by atoms with E-state index in [0.717, 1.165) is 6.42 Å². The van der Waals surface area contributed by atoms with Crippen molar-refractivity contribution < 1.29 is 17.9 Å². The quantitative estimate of drug-likeness (QED) is 0.879. The van der Waals surface area contributed by atoms with Crippen molar-refractivity contribution in [3.05, 3.63) is 18.2 Å². The van der Waals surface area contributed by atoms with Crippen molar-refractivity contribution in [1.82, 2.24) is 0 Å². The molecule has 0 bridgehead atoms. The molecular weight excluding hydrogens is 266 g/mol. The summed E-state index contributed by atoms with van der Waals surface area (Å²) in [4.78, 5) is 0.302. The Bertz CT molecular complexity index is 584. The highest BCUT2D eigenvalue weighted by Crippen LogP contribution is 2.35. The first-order valence-electron chi connectivity index (χ1n) is 6.46. The summed E-state index contributed by atoms with van der Waals surface area (Å²) in [6, 6.07) is 4.81. The van der Waals surface area contributed by atoms with Gasteiger partial charge >= 0.3 is 0 Å². The number of sulfone groups is 1. The summed E-state index contributed by atoms with van der Waals surface area (Å²) < 4.78 is 35.9. The largest absolute Gasteiger partial charge is 0.486 e. The third-order valence-corrected chi connectivity index (χ3v) is 5.92. The Morgan fingerprint density at radius 3 is 2.53 bits per heavy atom. The second-order valence-corrected chi connectivity index (χ2v) is 7.27. The number of benzene rings is 1. The molecule has 6 heteroatoms. The van der Waals surface area contributed by atoms with Gasteiger partial charge in [0, 0.05) is 12.1 Å². The summed E-state index contributed by atoms with van der Waals surface area (Å²) in [7, 11) is -3.32. The lowest BCUT2D eigenvalue weighted by atomic mass is 10.3. The van der Waals surface area contributed by atoms with Gasteiger partial charge in [0.25, 0.3) is 0 Å². The molecule has 0 radical (unpaired) electrons. The van der Waals surface area contributed by atoms with Gasteiger partial charge in [0.2, 0.25) is 0 Å². The Labute approximate surface area is 112 Å². The van der Waals surface area contributed by atoms with Gasteiger partial charge in [0.05, 0.1) is 10.1 Å². The van der Waals surface area contributed by atoms with Crippen molar-refractivity contribution in [3.63, 3.8) is 0 Å². The molecule has 0 saturated heterocycles. The minimum Gasteiger partial charge on any atom is -0.486 e.